The first-order valence-electron chi connectivity index (χ1n) is 4.35. The summed E-state index contributed by atoms with van der Waals surface area (Å²) < 4.78 is 26.4. The minimum absolute atomic E-state index is 0.147. The highest BCUT2D eigenvalue weighted by atomic mass is 32.1. The average molecular weight is 225 g/mol. The maximum atomic E-state index is 13.3. The van der Waals surface area contributed by atoms with Crippen LogP contribution in [0.3, 0.4) is 0 Å². The van der Waals surface area contributed by atoms with E-state index < -0.39 is 11.6 Å². The van der Waals surface area contributed by atoms with Gasteiger partial charge in [-0.05, 0) is 24.3 Å². The van der Waals surface area contributed by atoms with Gasteiger partial charge in [0.05, 0.1) is 5.56 Å². The van der Waals surface area contributed by atoms with Crippen molar-refractivity contribution in [1.29, 1.82) is 5.26 Å². The summed E-state index contributed by atoms with van der Waals surface area (Å²) >= 11 is 3.98. The molecule has 1 aromatic carbocycles. The molecule has 0 amide bonds. The lowest BCUT2D eigenvalue weighted by molar-refractivity contribution is 0.594. The van der Waals surface area contributed by atoms with E-state index in [1.807, 2.05) is 0 Å². The quantitative estimate of drug-likeness (QED) is 0.785. The van der Waals surface area contributed by atoms with E-state index in [-0.39, 0.29) is 11.1 Å². The van der Waals surface area contributed by atoms with E-state index in [2.05, 4.69) is 12.6 Å². The molecular formula is C11H9F2NS. The van der Waals surface area contributed by atoms with Gasteiger partial charge in [0.25, 0.3) is 0 Å². The Labute approximate surface area is 92.4 Å². The van der Waals surface area contributed by atoms with Crippen LogP contribution in [0.15, 0.2) is 18.2 Å². The van der Waals surface area contributed by atoms with Crippen molar-refractivity contribution in [2.75, 3.05) is 5.75 Å². The second-order valence-electron chi connectivity index (χ2n) is 2.88. The Morgan fingerprint density at radius 2 is 2.07 bits per heavy atom. The van der Waals surface area contributed by atoms with E-state index in [4.69, 9.17) is 5.26 Å². The molecule has 1 nitrogen and oxygen atoms in total. The van der Waals surface area contributed by atoms with E-state index >= 15 is 0 Å². The molecule has 0 N–H and O–H groups in total. The van der Waals surface area contributed by atoms with Crippen LogP contribution >= 0.6 is 12.6 Å². The second kappa shape index (κ2) is 5.52. The van der Waals surface area contributed by atoms with Crippen LogP contribution < -0.4 is 0 Å². The van der Waals surface area contributed by atoms with Crippen LogP contribution in [0.5, 0.6) is 0 Å². The van der Waals surface area contributed by atoms with Crippen molar-refractivity contribution < 1.29 is 8.78 Å². The summed E-state index contributed by atoms with van der Waals surface area (Å²) in [5, 5.41) is 8.46. The standard InChI is InChI=1S/C11H9F2NS/c12-10-6-9(7-14)11(13)5-8(10)3-1-2-4-15/h1,3,5-6,15H,2,4H2. The molecule has 1 rings (SSSR count). The molecule has 0 aromatic heterocycles. The lowest BCUT2D eigenvalue weighted by Crippen LogP contribution is -1.90. The molecule has 0 saturated heterocycles. The molecule has 0 fully saturated rings. The average Bonchev–Trinajstić information content (AvgIpc) is 2.23. The van der Waals surface area contributed by atoms with Gasteiger partial charge in [0.2, 0.25) is 0 Å². The van der Waals surface area contributed by atoms with Crippen molar-refractivity contribution in [3.05, 3.63) is 41.0 Å². The fraction of sp³-hybridized carbons (Fsp3) is 0.182. The van der Waals surface area contributed by atoms with Gasteiger partial charge in [-0.3, -0.25) is 0 Å². The van der Waals surface area contributed by atoms with Gasteiger partial charge in [0.1, 0.15) is 17.7 Å². The summed E-state index contributed by atoms with van der Waals surface area (Å²) in [4.78, 5) is 0. The topological polar surface area (TPSA) is 23.8 Å². The van der Waals surface area contributed by atoms with E-state index in [1.165, 1.54) is 6.08 Å². The molecule has 0 spiro atoms. The highest BCUT2D eigenvalue weighted by Gasteiger charge is 2.06. The smallest absolute Gasteiger partial charge is 0.141 e. The van der Waals surface area contributed by atoms with Gasteiger partial charge < -0.3 is 0 Å². The Hall–Kier alpha value is -1.34. The zero-order valence-electron chi connectivity index (χ0n) is 7.87. The molecule has 1 aromatic rings. The zero-order chi connectivity index (χ0) is 11.3. The molecular weight excluding hydrogens is 216 g/mol. The van der Waals surface area contributed by atoms with Crippen molar-refractivity contribution in [3.8, 4) is 6.07 Å². The number of hydrogen-bond acceptors (Lipinski definition) is 2. The van der Waals surface area contributed by atoms with Crippen molar-refractivity contribution in [2.24, 2.45) is 0 Å². The van der Waals surface area contributed by atoms with Crippen molar-refractivity contribution in [2.45, 2.75) is 6.42 Å². The second-order valence-corrected chi connectivity index (χ2v) is 3.33. The van der Waals surface area contributed by atoms with E-state index in [0.717, 1.165) is 12.1 Å². The first-order chi connectivity index (χ1) is 7.19. The number of benzene rings is 1. The van der Waals surface area contributed by atoms with Gasteiger partial charge in [0, 0.05) is 5.56 Å². The highest BCUT2D eigenvalue weighted by molar-refractivity contribution is 7.80. The summed E-state index contributed by atoms with van der Waals surface area (Å²) in [6.45, 7) is 0. The molecule has 0 atom stereocenters. The van der Waals surface area contributed by atoms with Crippen LogP contribution in [0.1, 0.15) is 17.5 Å². The lowest BCUT2D eigenvalue weighted by atomic mass is 10.1. The monoisotopic (exact) mass is 225 g/mol. The summed E-state index contributed by atoms with van der Waals surface area (Å²) in [7, 11) is 0. The molecule has 0 heterocycles. The Kier molecular flexibility index (Phi) is 4.32. The normalized spacial score (nSPS) is 10.5. The third-order valence-electron chi connectivity index (χ3n) is 1.80. The zero-order valence-corrected chi connectivity index (χ0v) is 8.77. The van der Waals surface area contributed by atoms with Crippen LogP contribution in [-0.2, 0) is 0 Å². The molecule has 0 aliphatic rings. The summed E-state index contributed by atoms with van der Waals surface area (Å²) in [6.07, 6.45) is 3.87. The van der Waals surface area contributed by atoms with Gasteiger partial charge in [-0.2, -0.15) is 17.9 Å². The van der Waals surface area contributed by atoms with Crippen molar-refractivity contribution in [1.82, 2.24) is 0 Å². The summed E-state index contributed by atoms with van der Waals surface area (Å²) in [6, 6.07) is 3.49. The molecule has 0 radical (unpaired) electrons. The fourth-order valence-corrected chi connectivity index (χ4v) is 1.21. The molecule has 0 saturated carbocycles. The molecule has 0 aliphatic carbocycles. The number of thiol groups is 1. The van der Waals surface area contributed by atoms with Crippen molar-refractivity contribution in [3.63, 3.8) is 0 Å². The number of hydrogen-bond donors (Lipinski definition) is 1. The number of nitriles is 1. The predicted octanol–water partition coefficient (Wildman–Crippen LogP) is 3.17. The molecule has 78 valence electrons. The van der Waals surface area contributed by atoms with Crippen LogP contribution in [-0.4, -0.2) is 5.75 Å². The number of rotatable bonds is 3. The fourth-order valence-electron chi connectivity index (χ4n) is 1.06. The molecule has 0 unspecified atom stereocenters. The Balaban J connectivity index is 3.01. The highest BCUT2D eigenvalue weighted by Crippen LogP contribution is 2.15. The van der Waals surface area contributed by atoms with E-state index in [0.29, 0.717) is 12.2 Å². The van der Waals surface area contributed by atoms with Gasteiger partial charge in [-0.15, -0.1) is 0 Å². The minimum Gasteiger partial charge on any atom is -0.206 e. The summed E-state index contributed by atoms with van der Waals surface area (Å²) in [5.74, 6) is -0.649. The first-order valence-corrected chi connectivity index (χ1v) is 4.99. The third-order valence-corrected chi connectivity index (χ3v) is 2.06. The van der Waals surface area contributed by atoms with Crippen LogP contribution in [0.2, 0.25) is 0 Å². The largest absolute Gasteiger partial charge is 0.206 e. The number of halogens is 2. The van der Waals surface area contributed by atoms with E-state index in [1.54, 1.807) is 12.1 Å². The number of allylic oxidation sites excluding steroid dienone is 1. The maximum Gasteiger partial charge on any atom is 0.141 e. The van der Waals surface area contributed by atoms with Gasteiger partial charge in [-0.25, -0.2) is 8.78 Å². The Bertz CT molecular complexity index is 421. The SMILES string of the molecule is N#Cc1cc(F)c(C=CCCS)cc1F. The van der Waals surface area contributed by atoms with Crippen LogP contribution in [0.4, 0.5) is 8.78 Å². The lowest BCUT2D eigenvalue weighted by Gasteiger charge is -1.99. The van der Waals surface area contributed by atoms with Gasteiger partial charge in [0.15, 0.2) is 0 Å². The van der Waals surface area contributed by atoms with Crippen LogP contribution in [0.25, 0.3) is 6.08 Å². The van der Waals surface area contributed by atoms with Gasteiger partial charge in [-0.1, -0.05) is 12.2 Å². The first kappa shape index (κ1) is 11.7. The third kappa shape index (κ3) is 3.07. The minimum atomic E-state index is -0.704. The Morgan fingerprint density at radius 1 is 1.33 bits per heavy atom. The molecule has 4 heteroatoms. The van der Waals surface area contributed by atoms with E-state index in [9.17, 15) is 8.78 Å². The van der Waals surface area contributed by atoms with Crippen molar-refractivity contribution >= 4 is 18.7 Å². The maximum absolute atomic E-state index is 13.3. The number of nitrogens with zero attached hydrogens (tertiary/aromatic N) is 1. The molecule has 0 bridgehead atoms. The van der Waals surface area contributed by atoms with Gasteiger partial charge >= 0.3 is 0 Å². The summed E-state index contributed by atoms with van der Waals surface area (Å²) in [5.41, 5.74) is -0.132. The molecule has 15 heavy (non-hydrogen) atoms. The van der Waals surface area contributed by atoms with Crippen LogP contribution in [0, 0.1) is 23.0 Å². The predicted molar refractivity (Wildman–Crippen MR) is 58.6 cm³/mol. The Morgan fingerprint density at radius 3 is 2.67 bits per heavy atom. The molecule has 0 aliphatic heterocycles.